The van der Waals surface area contributed by atoms with Gasteiger partial charge in [0.15, 0.2) is 10.6 Å². The Balaban J connectivity index is 2.25. The predicted molar refractivity (Wildman–Crippen MR) is 69.1 cm³/mol. The minimum absolute atomic E-state index is 0.178. The molecule has 0 radical (unpaired) electrons. The molecule has 1 aliphatic rings. The Kier molecular flexibility index (Phi) is 2.78. The van der Waals surface area contributed by atoms with E-state index in [4.69, 9.17) is 12.2 Å². The van der Waals surface area contributed by atoms with E-state index in [1.54, 1.807) is 0 Å². The lowest BCUT2D eigenvalue weighted by Crippen LogP contribution is -2.10. The molecule has 1 N–H and O–H groups in total. The Bertz CT molecular complexity index is 684. The van der Waals surface area contributed by atoms with Gasteiger partial charge < -0.3 is 9.55 Å². The van der Waals surface area contributed by atoms with Crippen LogP contribution in [-0.4, -0.2) is 9.55 Å². The summed E-state index contributed by atoms with van der Waals surface area (Å²) < 4.78 is 29.3. The van der Waals surface area contributed by atoms with Crippen LogP contribution in [0.25, 0.3) is 11.0 Å². The summed E-state index contributed by atoms with van der Waals surface area (Å²) in [5, 5.41) is 0. The lowest BCUT2D eigenvalue weighted by Gasteiger charge is -2.20. The van der Waals surface area contributed by atoms with Gasteiger partial charge >= 0.3 is 0 Å². The van der Waals surface area contributed by atoms with Crippen LogP contribution >= 0.6 is 12.2 Å². The number of nitrogens with one attached hydrogen (secondary N) is 1. The van der Waals surface area contributed by atoms with Crippen LogP contribution in [0.2, 0.25) is 0 Å². The zero-order valence-corrected chi connectivity index (χ0v) is 10.4. The maximum Gasteiger partial charge on any atom is 0.178 e. The third kappa shape index (κ3) is 1.79. The quantitative estimate of drug-likeness (QED) is 0.604. The second-order valence-corrected chi connectivity index (χ2v) is 4.91. The lowest BCUT2D eigenvalue weighted by molar-refractivity contribution is 0.466. The van der Waals surface area contributed by atoms with Crippen LogP contribution in [0.15, 0.2) is 24.3 Å². The lowest BCUT2D eigenvalue weighted by atomic mass is 10.0. The SMILES string of the molecule is Fc1cc(F)c2[nH]c(=S)n(C3CC=CCC3)c2c1. The van der Waals surface area contributed by atoms with Gasteiger partial charge in [0.05, 0.1) is 5.52 Å². The summed E-state index contributed by atoms with van der Waals surface area (Å²) in [6.45, 7) is 0. The number of halogens is 2. The largest absolute Gasteiger partial charge is 0.328 e. The maximum absolute atomic E-state index is 13.7. The zero-order chi connectivity index (χ0) is 12.7. The van der Waals surface area contributed by atoms with Crippen molar-refractivity contribution in [2.75, 3.05) is 0 Å². The molecule has 3 rings (SSSR count). The van der Waals surface area contributed by atoms with Gasteiger partial charge in [0.25, 0.3) is 0 Å². The van der Waals surface area contributed by atoms with Crippen molar-refractivity contribution in [1.29, 1.82) is 0 Å². The smallest absolute Gasteiger partial charge is 0.178 e. The minimum Gasteiger partial charge on any atom is -0.328 e. The molecule has 0 aliphatic heterocycles. The summed E-state index contributed by atoms with van der Waals surface area (Å²) in [5.41, 5.74) is 0.800. The van der Waals surface area contributed by atoms with Crippen molar-refractivity contribution in [3.63, 3.8) is 0 Å². The highest BCUT2D eigenvalue weighted by Crippen LogP contribution is 2.29. The first kappa shape index (κ1) is 11.6. The third-order valence-electron chi connectivity index (χ3n) is 3.35. The van der Waals surface area contributed by atoms with Crippen molar-refractivity contribution in [3.05, 3.63) is 40.7 Å². The Hall–Kier alpha value is -1.49. The van der Waals surface area contributed by atoms with Gasteiger partial charge in [-0.15, -0.1) is 0 Å². The highest BCUT2D eigenvalue weighted by molar-refractivity contribution is 7.71. The number of rotatable bonds is 1. The summed E-state index contributed by atoms with van der Waals surface area (Å²) in [6.07, 6.45) is 6.97. The van der Waals surface area contributed by atoms with Crippen molar-refractivity contribution in [2.24, 2.45) is 0 Å². The number of benzene rings is 1. The van der Waals surface area contributed by atoms with Crippen molar-refractivity contribution in [1.82, 2.24) is 9.55 Å². The average molecular weight is 266 g/mol. The Labute approximate surface area is 108 Å². The van der Waals surface area contributed by atoms with Gasteiger partial charge in [-0.2, -0.15) is 0 Å². The molecule has 1 atom stereocenters. The van der Waals surface area contributed by atoms with Crippen LogP contribution in [0.1, 0.15) is 25.3 Å². The van der Waals surface area contributed by atoms with Gasteiger partial charge in [-0.05, 0) is 37.5 Å². The predicted octanol–water partition coefficient (Wildman–Crippen LogP) is 4.26. The van der Waals surface area contributed by atoms with Crippen LogP contribution in [0.4, 0.5) is 8.78 Å². The summed E-state index contributed by atoms with van der Waals surface area (Å²) in [4.78, 5) is 2.83. The van der Waals surface area contributed by atoms with E-state index in [0.29, 0.717) is 10.3 Å². The molecule has 94 valence electrons. The second kappa shape index (κ2) is 4.31. The molecule has 0 fully saturated rings. The van der Waals surface area contributed by atoms with E-state index in [-0.39, 0.29) is 11.6 Å². The normalized spacial score (nSPS) is 19.6. The fourth-order valence-electron chi connectivity index (χ4n) is 2.52. The van der Waals surface area contributed by atoms with E-state index in [9.17, 15) is 8.78 Å². The number of fused-ring (bicyclic) bond motifs is 1. The monoisotopic (exact) mass is 266 g/mol. The molecular formula is C13H12F2N2S. The second-order valence-electron chi connectivity index (χ2n) is 4.52. The first-order valence-electron chi connectivity index (χ1n) is 5.91. The summed E-state index contributed by atoms with van der Waals surface area (Å²) >= 11 is 5.23. The van der Waals surface area contributed by atoms with E-state index in [0.717, 1.165) is 25.3 Å². The average Bonchev–Trinajstić information content (AvgIpc) is 2.67. The van der Waals surface area contributed by atoms with Gasteiger partial charge in [0.1, 0.15) is 11.3 Å². The van der Waals surface area contributed by atoms with Crippen molar-refractivity contribution < 1.29 is 8.78 Å². The number of hydrogen-bond donors (Lipinski definition) is 1. The number of aromatic nitrogens is 2. The number of imidazole rings is 1. The molecule has 1 heterocycles. The summed E-state index contributed by atoms with van der Waals surface area (Å²) in [6, 6.07) is 2.39. The molecule has 2 aromatic rings. The molecule has 0 spiro atoms. The van der Waals surface area contributed by atoms with Gasteiger partial charge in [-0.25, -0.2) is 8.78 Å². The van der Waals surface area contributed by atoms with Crippen molar-refractivity contribution in [2.45, 2.75) is 25.3 Å². The molecule has 1 aromatic heterocycles. The van der Waals surface area contributed by atoms with Crippen LogP contribution < -0.4 is 0 Å². The standard InChI is InChI=1S/C13H12F2N2S/c14-8-6-10(15)12-11(7-8)17(13(18)16-12)9-4-2-1-3-5-9/h1-2,6-7,9H,3-5H2,(H,16,18). The first-order valence-corrected chi connectivity index (χ1v) is 6.32. The zero-order valence-electron chi connectivity index (χ0n) is 9.62. The molecule has 0 saturated heterocycles. The van der Waals surface area contributed by atoms with E-state index >= 15 is 0 Å². The van der Waals surface area contributed by atoms with Gasteiger partial charge in [-0.1, -0.05) is 12.2 Å². The fourth-order valence-corrected chi connectivity index (χ4v) is 2.87. The molecule has 0 bridgehead atoms. The van der Waals surface area contributed by atoms with Crippen LogP contribution in [0.5, 0.6) is 0 Å². The Morgan fingerprint density at radius 3 is 2.83 bits per heavy atom. The van der Waals surface area contributed by atoms with E-state index in [2.05, 4.69) is 17.1 Å². The van der Waals surface area contributed by atoms with Crippen molar-refractivity contribution >= 4 is 23.3 Å². The number of H-pyrrole nitrogens is 1. The summed E-state index contributed by atoms with van der Waals surface area (Å²) in [5.74, 6) is -1.17. The van der Waals surface area contributed by atoms with Crippen molar-refractivity contribution in [3.8, 4) is 0 Å². The number of hydrogen-bond acceptors (Lipinski definition) is 1. The highest BCUT2D eigenvalue weighted by atomic mass is 32.1. The Morgan fingerprint density at radius 1 is 1.28 bits per heavy atom. The van der Waals surface area contributed by atoms with Gasteiger partial charge in [0, 0.05) is 12.1 Å². The van der Waals surface area contributed by atoms with Gasteiger partial charge in [-0.3, -0.25) is 0 Å². The number of aromatic amines is 1. The summed E-state index contributed by atoms with van der Waals surface area (Å²) in [7, 11) is 0. The molecule has 1 unspecified atom stereocenters. The molecule has 0 saturated carbocycles. The third-order valence-corrected chi connectivity index (χ3v) is 3.65. The molecule has 2 nitrogen and oxygen atoms in total. The van der Waals surface area contributed by atoms with Crippen LogP contribution in [0, 0.1) is 16.4 Å². The van der Waals surface area contributed by atoms with Crippen LogP contribution in [0.3, 0.4) is 0 Å². The number of allylic oxidation sites excluding steroid dienone is 2. The topological polar surface area (TPSA) is 20.7 Å². The van der Waals surface area contributed by atoms with Crippen LogP contribution in [-0.2, 0) is 0 Å². The molecule has 18 heavy (non-hydrogen) atoms. The minimum atomic E-state index is -0.596. The molecule has 1 aromatic carbocycles. The van der Waals surface area contributed by atoms with E-state index in [1.165, 1.54) is 6.07 Å². The van der Waals surface area contributed by atoms with E-state index in [1.807, 2.05) is 4.57 Å². The molecule has 1 aliphatic carbocycles. The number of nitrogens with zero attached hydrogens (tertiary/aromatic N) is 1. The molecular weight excluding hydrogens is 254 g/mol. The highest BCUT2D eigenvalue weighted by Gasteiger charge is 2.18. The fraction of sp³-hybridized carbons (Fsp3) is 0.308. The van der Waals surface area contributed by atoms with Gasteiger partial charge in [0.2, 0.25) is 0 Å². The Morgan fingerprint density at radius 2 is 2.11 bits per heavy atom. The maximum atomic E-state index is 13.7. The first-order chi connectivity index (χ1) is 8.66. The van der Waals surface area contributed by atoms with E-state index < -0.39 is 11.6 Å². The molecule has 0 amide bonds. The molecule has 5 heteroatoms.